The number of piperidine rings is 1. The molecular weight excluding hydrogens is 346 g/mol. The van der Waals surface area contributed by atoms with Crippen LogP contribution in [0.15, 0.2) is 54.6 Å². The highest BCUT2D eigenvalue weighted by atomic mass is 16.5. The number of amides is 1. The smallest absolute Gasteiger partial charge is 0.224 e. The van der Waals surface area contributed by atoms with Gasteiger partial charge in [0, 0.05) is 18.4 Å². The molecule has 0 aromatic heterocycles. The van der Waals surface area contributed by atoms with Crippen molar-refractivity contribution < 1.29 is 9.53 Å². The van der Waals surface area contributed by atoms with Gasteiger partial charge in [-0.05, 0) is 61.3 Å². The van der Waals surface area contributed by atoms with E-state index < -0.39 is 0 Å². The van der Waals surface area contributed by atoms with Crippen LogP contribution >= 0.6 is 0 Å². The number of nitrogens with zero attached hydrogens (tertiary/aromatic N) is 1. The topological polar surface area (TPSA) is 29.5 Å². The van der Waals surface area contributed by atoms with Gasteiger partial charge in [-0.2, -0.15) is 0 Å². The van der Waals surface area contributed by atoms with E-state index in [1.807, 2.05) is 12.1 Å². The Morgan fingerprint density at radius 1 is 1.07 bits per heavy atom. The van der Waals surface area contributed by atoms with Gasteiger partial charge < -0.3 is 9.64 Å². The molecular formula is C25H29NO2. The van der Waals surface area contributed by atoms with E-state index in [0.29, 0.717) is 5.91 Å². The third kappa shape index (κ3) is 2.52. The van der Waals surface area contributed by atoms with Crippen LogP contribution in [0.4, 0.5) is 0 Å². The highest BCUT2D eigenvalue weighted by Crippen LogP contribution is 2.80. The lowest BCUT2D eigenvalue weighted by Crippen LogP contribution is -2.40. The Morgan fingerprint density at radius 2 is 1.86 bits per heavy atom. The summed E-state index contributed by atoms with van der Waals surface area (Å²) in [7, 11) is 1.69. The minimum atomic E-state index is 0.122. The second-order valence-electron chi connectivity index (χ2n) is 8.87. The summed E-state index contributed by atoms with van der Waals surface area (Å²) in [5, 5.41) is 0. The first-order valence-corrected chi connectivity index (χ1v) is 10.7. The number of carbonyl (C=O) groups excluding carboxylic acids is 1. The van der Waals surface area contributed by atoms with Gasteiger partial charge in [-0.25, -0.2) is 0 Å². The maximum absolute atomic E-state index is 13.0. The van der Waals surface area contributed by atoms with Gasteiger partial charge in [-0.15, -0.1) is 0 Å². The summed E-state index contributed by atoms with van der Waals surface area (Å²) < 4.78 is 5.28. The maximum Gasteiger partial charge on any atom is 0.224 e. The molecule has 2 aromatic carbocycles. The summed E-state index contributed by atoms with van der Waals surface area (Å²) in [6.07, 6.45) is 8.04. The third-order valence-electron chi connectivity index (χ3n) is 7.75. The number of rotatable bonds is 7. The molecule has 3 aliphatic rings. The van der Waals surface area contributed by atoms with Gasteiger partial charge in [0.05, 0.1) is 12.6 Å². The monoisotopic (exact) mass is 375 g/mol. The second-order valence-corrected chi connectivity index (χ2v) is 8.87. The highest BCUT2D eigenvalue weighted by Gasteiger charge is 2.83. The van der Waals surface area contributed by atoms with Crippen LogP contribution in [0.3, 0.4) is 0 Å². The minimum Gasteiger partial charge on any atom is -0.497 e. The molecule has 0 bridgehead atoms. The first kappa shape index (κ1) is 17.8. The molecule has 1 heterocycles. The van der Waals surface area contributed by atoms with Crippen molar-refractivity contribution in [1.82, 2.24) is 4.90 Å². The van der Waals surface area contributed by atoms with E-state index in [9.17, 15) is 4.79 Å². The standard InChI is InChI=1S/C25H29NO2/c1-28-21-13-11-20(12-14-21)18-26-23(27)17-24-15-6-10-22(24)25(24,26)16-5-9-19-7-3-2-4-8-19/h2-4,7-8,11-14,22H,5-6,9-10,15-18H2,1H3/t22-,24+,25-/m1/s1. The number of methoxy groups -OCH3 is 1. The van der Waals surface area contributed by atoms with Crippen LogP contribution in [-0.4, -0.2) is 23.5 Å². The van der Waals surface area contributed by atoms with Crippen LogP contribution in [0.5, 0.6) is 5.75 Å². The van der Waals surface area contributed by atoms with Crippen LogP contribution in [-0.2, 0) is 17.8 Å². The highest BCUT2D eigenvalue weighted by molar-refractivity contribution is 5.84. The van der Waals surface area contributed by atoms with Gasteiger partial charge in [0.2, 0.25) is 5.91 Å². The molecule has 1 saturated heterocycles. The van der Waals surface area contributed by atoms with Gasteiger partial charge in [0.15, 0.2) is 0 Å². The number of fused-ring (bicyclic) bond motifs is 1. The molecule has 0 radical (unpaired) electrons. The van der Waals surface area contributed by atoms with Crippen molar-refractivity contribution in [3.8, 4) is 5.75 Å². The number of hydrogen-bond acceptors (Lipinski definition) is 2. The first-order valence-electron chi connectivity index (χ1n) is 10.7. The van der Waals surface area contributed by atoms with E-state index in [1.165, 1.54) is 30.4 Å². The van der Waals surface area contributed by atoms with Gasteiger partial charge in [-0.1, -0.05) is 48.9 Å². The van der Waals surface area contributed by atoms with Gasteiger partial charge in [0.1, 0.15) is 5.75 Å². The quantitative estimate of drug-likeness (QED) is 0.682. The summed E-state index contributed by atoms with van der Waals surface area (Å²) in [4.78, 5) is 15.3. The Labute approximate surface area is 167 Å². The molecule has 3 atom stereocenters. The van der Waals surface area contributed by atoms with Crippen molar-refractivity contribution >= 4 is 5.91 Å². The summed E-state index contributed by atoms with van der Waals surface area (Å²) >= 11 is 0. The molecule has 3 nitrogen and oxygen atoms in total. The van der Waals surface area contributed by atoms with Crippen molar-refractivity contribution in [3.63, 3.8) is 0 Å². The molecule has 5 rings (SSSR count). The van der Waals surface area contributed by atoms with Gasteiger partial charge in [0.25, 0.3) is 0 Å². The fourth-order valence-electron chi connectivity index (χ4n) is 6.59. The predicted octanol–water partition coefficient (Wildman–Crippen LogP) is 4.99. The van der Waals surface area contributed by atoms with E-state index in [2.05, 4.69) is 47.4 Å². The SMILES string of the molecule is COc1ccc(CN2C(=O)C[C@@]34CCC[C@H]3[C@@]24CCCc2ccccc2)cc1. The largest absolute Gasteiger partial charge is 0.497 e. The average Bonchev–Trinajstić information content (AvgIpc) is 2.99. The second kappa shape index (κ2) is 6.65. The molecule has 1 amide bonds. The summed E-state index contributed by atoms with van der Waals surface area (Å²) in [5.41, 5.74) is 3.02. The Bertz CT molecular complexity index is 862. The molecule has 1 spiro atoms. The molecule has 146 valence electrons. The first-order chi connectivity index (χ1) is 13.7. The van der Waals surface area contributed by atoms with Crippen LogP contribution in [0.1, 0.15) is 49.7 Å². The van der Waals surface area contributed by atoms with Crippen molar-refractivity contribution in [1.29, 1.82) is 0 Å². The van der Waals surface area contributed by atoms with Crippen LogP contribution in [0, 0.1) is 11.3 Å². The minimum absolute atomic E-state index is 0.122. The Morgan fingerprint density at radius 3 is 2.61 bits per heavy atom. The predicted molar refractivity (Wildman–Crippen MR) is 110 cm³/mol. The van der Waals surface area contributed by atoms with E-state index in [-0.39, 0.29) is 11.0 Å². The zero-order valence-corrected chi connectivity index (χ0v) is 16.7. The lowest BCUT2D eigenvalue weighted by molar-refractivity contribution is -0.132. The zero-order chi connectivity index (χ0) is 19.2. The molecule has 28 heavy (non-hydrogen) atoms. The fraction of sp³-hybridized carbons (Fsp3) is 0.480. The van der Waals surface area contributed by atoms with Crippen molar-refractivity contribution in [2.75, 3.05) is 7.11 Å². The van der Waals surface area contributed by atoms with Crippen LogP contribution < -0.4 is 4.74 Å². The van der Waals surface area contributed by atoms with E-state index in [0.717, 1.165) is 43.9 Å². The number of aryl methyl sites for hydroxylation is 1. The summed E-state index contributed by atoms with van der Waals surface area (Å²) in [6.45, 7) is 0.742. The average molecular weight is 376 g/mol. The molecule has 2 aliphatic carbocycles. The summed E-state index contributed by atoms with van der Waals surface area (Å²) in [6, 6.07) is 19.0. The fourth-order valence-corrected chi connectivity index (χ4v) is 6.59. The third-order valence-corrected chi connectivity index (χ3v) is 7.75. The maximum atomic E-state index is 13.0. The van der Waals surface area contributed by atoms with Gasteiger partial charge in [-0.3, -0.25) is 4.79 Å². The molecule has 1 aliphatic heterocycles. The number of benzene rings is 2. The van der Waals surface area contributed by atoms with E-state index in [1.54, 1.807) is 7.11 Å². The Balaban J connectivity index is 1.35. The molecule has 2 aromatic rings. The van der Waals surface area contributed by atoms with E-state index in [4.69, 9.17) is 4.74 Å². The van der Waals surface area contributed by atoms with Crippen molar-refractivity contribution in [2.45, 2.75) is 57.0 Å². The molecule has 3 heteroatoms. The van der Waals surface area contributed by atoms with Crippen molar-refractivity contribution in [3.05, 3.63) is 65.7 Å². The van der Waals surface area contributed by atoms with E-state index >= 15 is 0 Å². The number of ether oxygens (including phenoxy) is 1. The molecule has 2 saturated carbocycles. The normalized spacial score (nSPS) is 30.2. The molecule has 0 unspecified atom stereocenters. The van der Waals surface area contributed by atoms with Crippen LogP contribution in [0.25, 0.3) is 0 Å². The zero-order valence-electron chi connectivity index (χ0n) is 16.7. The Kier molecular flexibility index (Phi) is 4.22. The number of carbonyl (C=O) groups is 1. The van der Waals surface area contributed by atoms with Crippen LogP contribution in [0.2, 0.25) is 0 Å². The van der Waals surface area contributed by atoms with Gasteiger partial charge >= 0.3 is 0 Å². The summed E-state index contributed by atoms with van der Waals surface area (Å²) in [5.74, 6) is 1.97. The number of hydrogen-bond donors (Lipinski definition) is 0. The molecule has 0 N–H and O–H groups in total. The lowest BCUT2D eigenvalue weighted by atomic mass is 9.90. The number of likely N-dealkylation sites (tertiary alicyclic amines) is 1. The Hall–Kier alpha value is -2.29. The van der Waals surface area contributed by atoms with Crippen molar-refractivity contribution in [2.24, 2.45) is 11.3 Å². The lowest BCUT2D eigenvalue weighted by Gasteiger charge is -2.32. The molecule has 3 fully saturated rings.